The molecule has 0 radical (unpaired) electrons. The average molecular weight is 685 g/mol. The van der Waals surface area contributed by atoms with Gasteiger partial charge in [-0.05, 0) is 83.6 Å². The first kappa shape index (κ1) is 37.6. The number of likely N-dealkylation sites (tertiary alicyclic amines) is 1. The number of carbonyl (C=O) groups excluding carboxylic acids is 4. The van der Waals surface area contributed by atoms with Crippen molar-refractivity contribution in [2.24, 2.45) is 5.41 Å². The van der Waals surface area contributed by atoms with Crippen LogP contribution in [0, 0.1) is 17.0 Å². The summed E-state index contributed by atoms with van der Waals surface area (Å²) < 4.78 is 39.4. The van der Waals surface area contributed by atoms with Crippen molar-refractivity contribution in [3.63, 3.8) is 0 Å². The Hall–Kier alpha value is -4.22. The SMILES string of the molecule is CN(CCC[C@H]1C(=O)N(C)CCCCC2(CCN(C(=O)OC(C)(C)C)CC2)COc2ccccc2C(=O)N1C)C(=O)c1cc(F)cc(F)c1. The Balaban J connectivity index is 1.49. The summed E-state index contributed by atoms with van der Waals surface area (Å²) in [5.41, 5.74) is -0.554. The second-order valence-electron chi connectivity index (χ2n) is 14.4. The van der Waals surface area contributed by atoms with Gasteiger partial charge in [-0.2, -0.15) is 0 Å². The molecule has 0 saturated carbocycles. The molecule has 0 N–H and O–H groups in total. The van der Waals surface area contributed by atoms with Gasteiger partial charge in [0.25, 0.3) is 11.8 Å². The van der Waals surface area contributed by atoms with Crippen molar-refractivity contribution in [1.82, 2.24) is 19.6 Å². The molecular weight excluding hydrogens is 634 g/mol. The molecule has 12 heteroatoms. The van der Waals surface area contributed by atoms with E-state index in [1.54, 1.807) is 48.2 Å². The van der Waals surface area contributed by atoms with Crippen LogP contribution in [0.25, 0.3) is 0 Å². The van der Waals surface area contributed by atoms with E-state index in [-0.39, 0.29) is 41.9 Å². The molecule has 2 aliphatic heterocycles. The number of fused-ring (bicyclic) bond motifs is 1. The summed E-state index contributed by atoms with van der Waals surface area (Å²) in [5.74, 6) is -2.38. The number of carbonyl (C=O) groups is 4. The summed E-state index contributed by atoms with van der Waals surface area (Å²) in [6, 6.07) is 8.87. The van der Waals surface area contributed by atoms with Crippen molar-refractivity contribution in [2.45, 2.75) is 77.4 Å². The third-order valence-corrected chi connectivity index (χ3v) is 9.45. The first-order valence-corrected chi connectivity index (χ1v) is 17.0. The zero-order valence-corrected chi connectivity index (χ0v) is 29.6. The largest absolute Gasteiger partial charge is 0.492 e. The topological polar surface area (TPSA) is 99.7 Å². The molecule has 49 heavy (non-hydrogen) atoms. The van der Waals surface area contributed by atoms with E-state index in [0.717, 1.165) is 44.2 Å². The van der Waals surface area contributed by atoms with E-state index < -0.39 is 29.2 Å². The van der Waals surface area contributed by atoms with Crippen molar-refractivity contribution >= 4 is 23.8 Å². The first-order chi connectivity index (χ1) is 23.1. The molecule has 10 nitrogen and oxygen atoms in total. The Bertz CT molecular complexity index is 1480. The molecule has 2 aliphatic rings. The highest BCUT2D eigenvalue weighted by Crippen LogP contribution is 2.38. The van der Waals surface area contributed by atoms with Gasteiger partial charge in [0.05, 0.1) is 12.2 Å². The van der Waals surface area contributed by atoms with E-state index in [2.05, 4.69) is 0 Å². The van der Waals surface area contributed by atoms with E-state index in [0.29, 0.717) is 50.0 Å². The zero-order chi connectivity index (χ0) is 35.9. The fourth-order valence-electron chi connectivity index (χ4n) is 6.51. The molecule has 2 aromatic rings. The van der Waals surface area contributed by atoms with E-state index >= 15 is 0 Å². The molecule has 2 heterocycles. The van der Waals surface area contributed by atoms with Crippen molar-refractivity contribution in [1.29, 1.82) is 0 Å². The molecule has 0 bridgehead atoms. The van der Waals surface area contributed by atoms with Crippen molar-refractivity contribution < 1.29 is 37.4 Å². The van der Waals surface area contributed by atoms with Crippen molar-refractivity contribution in [3.8, 4) is 5.75 Å². The van der Waals surface area contributed by atoms with Gasteiger partial charge in [0.1, 0.15) is 29.0 Å². The van der Waals surface area contributed by atoms with Crippen LogP contribution in [0.15, 0.2) is 42.5 Å². The summed E-state index contributed by atoms with van der Waals surface area (Å²) in [7, 11) is 4.86. The van der Waals surface area contributed by atoms with Crippen LogP contribution in [0.2, 0.25) is 0 Å². The molecule has 4 amide bonds. The standard InChI is InChI=1S/C37H50F2N4O6/c1-36(2,3)49-35(47)43-20-16-37(17-21-43)15-9-10-18-41(5)34(46)30(42(6)33(45)29-12-7-8-14-31(29)48-25-37)13-11-19-40(4)32(44)26-22-27(38)24-28(39)23-26/h7-8,12,14,22-24,30H,9-11,13,15-21,25H2,1-6H3/t30-/m0/s1. The second-order valence-corrected chi connectivity index (χ2v) is 14.4. The molecule has 1 saturated heterocycles. The van der Waals surface area contributed by atoms with Crippen LogP contribution in [0.5, 0.6) is 5.75 Å². The first-order valence-electron chi connectivity index (χ1n) is 17.0. The molecule has 0 aromatic heterocycles. The molecule has 0 aliphatic carbocycles. The summed E-state index contributed by atoms with van der Waals surface area (Å²) in [4.78, 5) is 59.7. The number of rotatable bonds is 5. The second kappa shape index (κ2) is 16.0. The Morgan fingerprint density at radius 1 is 0.980 bits per heavy atom. The minimum atomic E-state index is -0.840. The number of hydrogen-bond donors (Lipinski definition) is 0. The lowest BCUT2D eigenvalue weighted by Gasteiger charge is -2.42. The van der Waals surface area contributed by atoms with Gasteiger partial charge in [-0.25, -0.2) is 13.6 Å². The van der Waals surface area contributed by atoms with Gasteiger partial charge in [0.2, 0.25) is 5.91 Å². The minimum absolute atomic E-state index is 0.104. The summed E-state index contributed by atoms with van der Waals surface area (Å²) in [6.45, 7) is 7.73. The number of nitrogens with zero attached hydrogens (tertiary/aromatic N) is 4. The number of para-hydroxylation sites is 1. The lowest BCUT2D eigenvalue weighted by molar-refractivity contribution is -0.134. The lowest BCUT2D eigenvalue weighted by atomic mass is 9.75. The van der Waals surface area contributed by atoms with Gasteiger partial charge in [0, 0.05) is 64.4 Å². The fourth-order valence-corrected chi connectivity index (χ4v) is 6.51. The van der Waals surface area contributed by atoms with Gasteiger partial charge in [-0.1, -0.05) is 18.6 Å². The number of piperidine rings is 1. The molecular formula is C37H50F2N4O6. The average Bonchev–Trinajstić information content (AvgIpc) is 3.05. The highest BCUT2D eigenvalue weighted by atomic mass is 19.1. The maximum Gasteiger partial charge on any atom is 0.410 e. The van der Waals surface area contributed by atoms with Crippen molar-refractivity contribution in [3.05, 3.63) is 65.2 Å². The summed E-state index contributed by atoms with van der Waals surface area (Å²) in [6.07, 6.45) is 4.20. The van der Waals surface area contributed by atoms with Crippen LogP contribution >= 0.6 is 0 Å². The van der Waals surface area contributed by atoms with Crippen LogP contribution < -0.4 is 4.74 Å². The molecule has 1 spiro atoms. The van der Waals surface area contributed by atoms with Gasteiger partial charge in [-0.15, -0.1) is 0 Å². The molecule has 1 fully saturated rings. The Morgan fingerprint density at radius 3 is 2.29 bits per heavy atom. The Labute approximate surface area is 288 Å². The maximum absolute atomic E-state index is 14.0. The maximum atomic E-state index is 14.0. The quantitative estimate of drug-likeness (QED) is 0.384. The molecule has 0 unspecified atom stereocenters. The number of amides is 4. The van der Waals surface area contributed by atoms with Crippen LogP contribution in [-0.2, 0) is 9.53 Å². The highest BCUT2D eigenvalue weighted by Gasteiger charge is 2.39. The van der Waals surface area contributed by atoms with Crippen molar-refractivity contribution in [2.75, 3.05) is 53.9 Å². The third kappa shape index (κ3) is 9.92. The molecule has 4 rings (SSSR count). The van der Waals surface area contributed by atoms with Gasteiger partial charge in [-0.3, -0.25) is 14.4 Å². The Kier molecular flexibility index (Phi) is 12.3. The van der Waals surface area contributed by atoms with Crippen LogP contribution in [0.4, 0.5) is 13.6 Å². The van der Waals surface area contributed by atoms with E-state index in [1.807, 2.05) is 20.8 Å². The van der Waals surface area contributed by atoms with E-state index in [9.17, 15) is 28.0 Å². The monoisotopic (exact) mass is 684 g/mol. The van der Waals surface area contributed by atoms with Crippen LogP contribution in [-0.4, -0.2) is 109 Å². The van der Waals surface area contributed by atoms with Gasteiger partial charge in [0.15, 0.2) is 0 Å². The predicted octanol–water partition coefficient (Wildman–Crippen LogP) is 6.00. The summed E-state index contributed by atoms with van der Waals surface area (Å²) in [5, 5.41) is 0. The predicted molar refractivity (Wildman–Crippen MR) is 181 cm³/mol. The van der Waals surface area contributed by atoms with Crippen LogP contribution in [0.1, 0.15) is 86.4 Å². The molecule has 2 aromatic carbocycles. The third-order valence-electron chi connectivity index (χ3n) is 9.45. The number of hydrogen-bond acceptors (Lipinski definition) is 6. The van der Waals surface area contributed by atoms with E-state index in [1.165, 1.54) is 16.8 Å². The number of halogens is 2. The molecule has 268 valence electrons. The highest BCUT2D eigenvalue weighted by molar-refractivity contribution is 5.99. The zero-order valence-electron chi connectivity index (χ0n) is 29.6. The van der Waals surface area contributed by atoms with Gasteiger partial charge >= 0.3 is 6.09 Å². The lowest BCUT2D eigenvalue weighted by Crippen LogP contribution is -2.49. The van der Waals surface area contributed by atoms with Crippen LogP contribution in [0.3, 0.4) is 0 Å². The fraction of sp³-hybridized carbons (Fsp3) is 0.568. The Morgan fingerprint density at radius 2 is 1.63 bits per heavy atom. The van der Waals surface area contributed by atoms with Gasteiger partial charge < -0.3 is 29.1 Å². The van der Waals surface area contributed by atoms with E-state index in [4.69, 9.17) is 9.47 Å². The number of likely N-dealkylation sites (N-methyl/N-ethyl adjacent to an activating group) is 2. The minimum Gasteiger partial charge on any atom is -0.492 e. The molecule has 1 atom stereocenters. The number of ether oxygens (including phenoxy) is 2. The smallest absolute Gasteiger partial charge is 0.410 e. The number of benzene rings is 2. The summed E-state index contributed by atoms with van der Waals surface area (Å²) >= 11 is 0. The normalized spacial score (nSPS) is 19.2.